The second kappa shape index (κ2) is 7.12. The summed E-state index contributed by atoms with van der Waals surface area (Å²) in [7, 11) is 0. The molecule has 2 saturated carbocycles. The fourth-order valence-electron chi connectivity index (χ4n) is 5.20. The molecule has 0 spiro atoms. The summed E-state index contributed by atoms with van der Waals surface area (Å²) in [5.41, 5.74) is 3.89. The molecule has 2 bridgehead atoms. The van der Waals surface area contributed by atoms with Gasteiger partial charge in [-0.1, -0.05) is 22.8 Å². The van der Waals surface area contributed by atoms with E-state index in [-0.39, 0.29) is 23.7 Å². The molecule has 4 atom stereocenters. The number of aliphatic carboxylic acids is 1. The van der Waals surface area contributed by atoms with Gasteiger partial charge in [0.25, 0.3) is 0 Å². The van der Waals surface area contributed by atoms with Gasteiger partial charge in [0.05, 0.1) is 11.8 Å². The molecule has 3 rings (SSSR count). The minimum atomic E-state index is -0.809. The van der Waals surface area contributed by atoms with E-state index in [1.807, 2.05) is 0 Å². The van der Waals surface area contributed by atoms with E-state index < -0.39 is 11.9 Å². The minimum absolute atomic E-state index is 0.0511. The molecule has 132 valence electrons. The molecule has 4 unspecified atom stereocenters. The summed E-state index contributed by atoms with van der Waals surface area (Å²) >= 11 is 0. The first-order valence-corrected chi connectivity index (χ1v) is 9.36. The fraction of sp³-hybridized carbons (Fsp3) is 0.700. The van der Waals surface area contributed by atoms with Crippen molar-refractivity contribution in [1.29, 1.82) is 0 Å². The predicted molar refractivity (Wildman–Crippen MR) is 93.4 cm³/mol. The summed E-state index contributed by atoms with van der Waals surface area (Å²) < 4.78 is 0. The number of nitrogens with one attached hydrogen (secondary N) is 1. The predicted octanol–water partition coefficient (Wildman–Crippen LogP) is 3.69. The van der Waals surface area contributed by atoms with Gasteiger partial charge in [-0.25, -0.2) is 0 Å². The lowest BCUT2D eigenvalue weighted by atomic mass is 9.78. The summed E-state index contributed by atoms with van der Waals surface area (Å²) in [6.07, 6.45) is 9.89. The van der Waals surface area contributed by atoms with Crippen molar-refractivity contribution < 1.29 is 14.7 Å². The van der Waals surface area contributed by atoms with Gasteiger partial charge in [-0.3, -0.25) is 9.59 Å². The Morgan fingerprint density at radius 3 is 2.46 bits per heavy atom. The summed E-state index contributed by atoms with van der Waals surface area (Å²) in [4.78, 5) is 24.5. The fourth-order valence-corrected chi connectivity index (χ4v) is 5.20. The summed E-state index contributed by atoms with van der Waals surface area (Å²) in [6, 6.07) is 0. The van der Waals surface area contributed by atoms with Crippen LogP contribution in [0.2, 0.25) is 0 Å². The highest BCUT2D eigenvalue weighted by molar-refractivity contribution is 5.87. The standard InChI is InChI=1S/C20H29NO3/c1-12(2)16-14-8-9-15(16)18(20(23)24)17(14)19(22)21-11-10-13-6-4-3-5-7-13/h6,14-15,17-18H,3-5,7-11H2,1-2H3,(H,21,22)(H,23,24). The number of amides is 1. The van der Waals surface area contributed by atoms with Crippen LogP contribution in [0, 0.1) is 23.7 Å². The molecule has 1 amide bonds. The second-order valence-corrected chi connectivity index (χ2v) is 7.78. The number of hydrogen-bond acceptors (Lipinski definition) is 2. The molecule has 0 aromatic carbocycles. The van der Waals surface area contributed by atoms with E-state index in [0.717, 1.165) is 32.1 Å². The lowest BCUT2D eigenvalue weighted by Gasteiger charge is -2.26. The third-order valence-electron chi connectivity index (χ3n) is 6.14. The van der Waals surface area contributed by atoms with Gasteiger partial charge in [0.2, 0.25) is 5.91 Å². The number of carboxylic acid groups (broad SMARTS) is 1. The van der Waals surface area contributed by atoms with Crippen LogP contribution in [0.5, 0.6) is 0 Å². The van der Waals surface area contributed by atoms with E-state index in [4.69, 9.17) is 0 Å². The topological polar surface area (TPSA) is 66.4 Å². The van der Waals surface area contributed by atoms with Crippen LogP contribution in [-0.4, -0.2) is 23.5 Å². The Hall–Kier alpha value is -1.58. The third kappa shape index (κ3) is 3.15. The Morgan fingerprint density at radius 1 is 1.17 bits per heavy atom. The summed E-state index contributed by atoms with van der Waals surface area (Å²) in [6.45, 7) is 4.74. The number of carbonyl (C=O) groups is 2. The molecule has 4 heteroatoms. The molecule has 24 heavy (non-hydrogen) atoms. The Labute approximate surface area is 144 Å². The molecule has 0 heterocycles. The van der Waals surface area contributed by atoms with Crippen molar-refractivity contribution in [3.8, 4) is 0 Å². The van der Waals surface area contributed by atoms with E-state index in [1.165, 1.54) is 29.6 Å². The molecular weight excluding hydrogens is 302 g/mol. The molecule has 0 aromatic heterocycles. The number of carbonyl (C=O) groups excluding carboxylic acids is 1. The molecule has 4 nitrogen and oxygen atoms in total. The van der Waals surface area contributed by atoms with Gasteiger partial charge in [0.1, 0.15) is 0 Å². The largest absolute Gasteiger partial charge is 0.481 e. The molecule has 2 N–H and O–H groups in total. The maximum atomic E-state index is 12.7. The average molecular weight is 331 g/mol. The Morgan fingerprint density at radius 2 is 1.88 bits per heavy atom. The maximum Gasteiger partial charge on any atom is 0.307 e. The van der Waals surface area contributed by atoms with Crippen molar-refractivity contribution in [2.45, 2.75) is 58.8 Å². The van der Waals surface area contributed by atoms with E-state index in [9.17, 15) is 14.7 Å². The number of allylic oxidation sites excluding steroid dienone is 3. The van der Waals surface area contributed by atoms with Gasteiger partial charge in [0, 0.05) is 6.54 Å². The van der Waals surface area contributed by atoms with E-state index in [1.54, 1.807) is 0 Å². The van der Waals surface area contributed by atoms with Crippen LogP contribution in [0.15, 0.2) is 22.8 Å². The van der Waals surface area contributed by atoms with E-state index >= 15 is 0 Å². The molecule has 3 aliphatic rings. The first kappa shape index (κ1) is 17.2. The van der Waals surface area contributed by atoms with Crippen LogP contribution >= 0.6 is 0 Å². The zero-order valence-corrected chi connectivity index (χ0v) is 14.8. The van der Waals surface area contributed by atoms with Crippen molar-refractivity contribution in [3.63, 3.8) is 0 Å². The van der Waals surface area contributed by atoms with Crippen LogP contribution in [0.3, 0.4) is 0 Å². The van der Waals surface area contributed by atoms with Crippen molar-refractivity contribution in [2.75, 3.05) is 6.54 Å². The van der Waals surface area contributed by atoms with Gasteiger partial charge in [0.15, 0.2) is 0 Å². The maximum absolute atomic E-state index is 12.7. The van der Waals surface area contributed by atoms with E-state index in [2.05, 4.69) is 25.2 Å². The van der Waals surface area contributed by atoms with Gasteiger partial charge >= 0.3 is 5.97 Å². The zero-order chi connectivity index (χ0) is 17.3. The third-order valence-corrected chi connectivity index (χ3v) is 6.14. The number of fused-ring (bicyclic) bond motifs is 2. The number of hydrogen-bond donors (Lipinski definition) is 2. The molecule has 0 aliphatic heterocycles. The molecule has 0 saturated heterocycles. The van der Waals surface area contributed by atoms with Gasteiger partial charge in [-0.15, -0.1) is 0 Å². The van der Waals surface area contributed by atoms with E-state index in [0.29, 0.717) is 6.54 Å². The Kier molecular flexibility index (Phi) is 5.12. The van der Waals surface area contributed by atoms with Crippen LogP contribution in [0.1, 0.15) is 58.8 Å². The first-order valence-electron chi connectivity index (χ1n) is 9.36. The van der Waals surface area contributed by atoms with Gasteiger partial charge in [-0.05, 0) is 70.6 Å². The molecular formula is C20H29NO3. The van der Waals surface area contributed by atoms with Crippen molar-refractivity contribution >= 4 is 11.9 Å². The molecule has 0 radical (unpaired) electrons. The lowest BCUT2D eigenvalue weighted by Crippen LogP contribution is -2.41. The molecule has 0 aromatic rings. The van der Waals surface area contributed by atoms with Gasteiger partial charge in [-0.2, -0.15) is 0 Å². The van der Waals surface area contributed by atoms with Crippen molar-refractivity contribution in [3.05, 3.63) is 22.8 Å². The highest BCUT2D eigenvalue weighted by atomic mass is 16.4. The SMILES string of the molecule is CC(C)=C1C2CCC1C(C(=O)NCCC1=CCCCC1)C2C(=O)O. The Bertz CT molecular complexity index is 586. The van der Waals surface area contributed by atoms with Crippen molar-refractivity contribution in [2.24, 2.45) is 23.7 Å². The smallest absolute Gasteiger partial charge is 0.307 e. The zero-order valence-electron chi connectivity index (χ0n) is 14.8. The normalized spacial score (nSPS) is 31.8. The molecule has 3 aliphatic carbocycles. The number of carboxylic acids is 1. The first-order chi connectivity index (χ1) is 11.5. The second-order valence-electron chi connectivity index (χ2n) is 7.78. The lowest BCUT2D eigenvalue weighted by molar-refractivity contribution is -0.149. The average Bonchev–Trinajstić information content (AvgIpc) is 3.11. The van der Waals surface area contributed by atoms with Crippen LogP contribution < -0.4 is 5.32 Å². The molecule has 2 fully saturated rings. The van der Waals surface area contributed by atoms with Gasteiger partial charge < -0.3 is 10.4 Å². The minimum Gasteiger partial charge on any atom is -0.481 e. The summed E-state index contributed by atoms with van der Waals surface area (Å²) in [5, 5.41) is 12.7. The quantitative estimate of drug-likeness (QED) is 0.755. The highest BCUT2D eigenvalue weighted by Crippen LogP contribution is 2.57. The number of rotatable bonds is 5. The van der Waals surface area contributed by atoms with Crippen LogP contribution in [0.25, 0.3) is 0 Å². The summed E-state index contributed by atoms with van der Waals surface area (Å²) in [5.74, 6) is -1.58. The highest BCUT2D eigenvalue weighted by Gasteiger charge is 2.57. The van der Waals surface area contributed by atoms with Crippen molar-refractivity contribution in [1.82, 2.24) is 5.32 Å². The monoisotopic (exact) mass is 331 g/mol. The van der Waals surface area contributed by atoms with Crippen LogP contribution in [-0.2, 0) is 9.59 Å². The van der Waals surface area contributed by atoms with Crippen LogP contribution in [0.4, 0.5) is 0 Å². The Balaban J connectivity index is 1.66.